The second-order valence-corrected chi connectivity index (χ2v) is 4.75. The van der Waals surface area contributed by atoms with E-state index in [2.05, 4.69) is 15.0 Å². The molecule has 6 nitrogen and oxygen atoms in total. The van der Waals surface area contributed by atoms with Gasteiger partial charge in [0.1, 0.15) is 11.6 Å². The number of aromatic amines is 1. The molecule has 0 aliphatic rings. The average molecular weight is 301 g/mol. The van der Waals surface area contributed by atoms with Crippen molar-refractivity contribution in [3.8, 4) is 0 Å². The predicted molar refractivity (Wildman–Crippen MR) is 73.0 cm³/mol. The van der Waals surface area contributed by atoms with Crippen LogP contribution in [0, 0.1) is 0 Å². The highest BCUT2D eigenvalue weighted by Crippen LogP contribution is 2.32. The Labute approximate surface area is 117 Å². The molecule has 2 aromatic heterocycles. The van der Waals surface area contributed by atoms with Crippen LogP contribution >= 0.6 is 0 Å². The van der Waals surface area contributed by atoms with Crippen molar-refractivity contribution in [2.45, 2.75) is 19.1 Å². The largest absolute Gasteiger partial charge is 0.409 e. The summed E-state index contributed by atoms with van der Waals surface area (Å²) in [5, 5.41) is 0. The van der Waals surface area contributed by atoms with Crippen LogP contribution in [-0.2, 0) is 0 Å². The molecule has 0 radical (unpaired) electrons. The molecule has 1 unspecified atom stereocenters. The molecular weight excluding hydrogens is 287 g/mol. The third kappa shape index (κ3) is 2.91. The molecule has 0 aliphatic carbocycles. The van der Waals surface area contributed by atoms with Gasteiger partial charge in [0, 0.05) is 20.3 Å². The van der Waals surface area contributed by atoms with E-state index in [1.807, 2.05) is 0 Å². The number of halogens is 3. The number of rotatable bonds is 3. The van der Waals surface area contributed by atoms with E-state index in [0.29, 0.717) is 4.57 Å². The maximum atomic E-state index is 12.8. The summed E-state index contributed by atoms with van der Waals surface area (Å²) in [5.74, 6) is 0.159. The molecule has 0 aromatic carbocycles. The molecule has 2 aromatic rings. The maximum Gasteiger partial charge on any atom is 0.409 e. The first-order valence-corrected chi connectivity index (χ1v) is 6.08. The van der Waals surface area contributed by atoms with Gasteiger partial charge in [-0.05, 0) is 13.0 Å². The molecule has 0 saturated heterocycles. The minimum Gasteiger partial charge on any atom is -0.369 e. The molecule has 2 heterocycles. The van der Waals surface area contributed by atoms with Crippen LogP contribution in [0.1, 0.15) is 13.0 Å². The van der Waals surface area contributed by atoms with Crippen LogP contribution in [0.15, 0.2) is 22.1 Å². The average Bonchev–Trinajstić information content (AvgIpc) is 2.70. The summed E-state index contributed by atoms with van der Waals surface area (Å²) >= 11 is 0. The highest BCUT2D eigenvalue weighted by Gasteiger charge is 2.39. The number of nitrogens with one attached hydrogen (secondary N) is 1. The lowest BCUT2D eigenvalue weighted by atomic mass is 10.3. The summed E-state index contributed by atoms with van der Waals surface area (Å²) < 4.78 is 39.2. The molecule has 21 heavy (non-hydrogen) atoms. The summed E-state index contributed by atoms with van der Waals surface area (Å²) in [6.07, 6.45) is -1.75. The second kappa shape index (κ2) is 5.23. The normalized spacial score (nSPS) is 14.0. The first kappa shape index (κ1) is 15.1. The highest BCUT2D eigenvalue weighted by molar-refractivity contribution is 5.85. The summed E-state index contributed by atoms with van der Waals surface area (Å²) in [6.45, 7) is 0.928. The van der Waals surface area contributed by atoms with Gasteiger partial charge < -0.3 is 9.88 Å². The van der Waals surface area contributed by atoms with Gasteiger partial charge in [-0.15, -0.1) is 0 Å². The van der Waals surface area contributed by atoms with Crippen LogP contribution in [0.5, 0.6) is 0 Å². The van der Waals surface area contributed by atoms with Gasteiger partial charge in [0.05, 0.1) is 11.9 Å². The van der Waals surface area contributed by atoms with E-state index in [0.717, 1.165) is 6.92 Å². The number of hydrogen-bond acceptors (Lipinski definition) is 3. The quantitative estimate of drug-likeness (QED) is 0.697. The molecule has 9 heteroatoms. The number of hydrogen-bond donors (Lipinski definition) is 1. The van der Waals surface area contributed by atoms with Crippen molar-refractivity contribution in [1.82, 2.24) is 19.4 Å². The fourth-order valence-electron chi connectivity index (χ4n) is 1.84. The van der Waals surface area contributed by atoms with E-state index in [4.69, 9.17) is 0 Å². The van der Waals surface area contributed by atoms with Gasteiger partial charge in [-0.2, -0.15) is 13.2 Å². The van der Waals surface area contributed by atoms with Crippen LogP contribution in [-0.4, -0.2) is 46.0 Å². The lowest BCUT2D eigenvalue weighted by Crippen LogP contribution is -2.30. The Morgan fingerprint density at radius 3 is 2.71 bits per heavy atom. The van der Waals surface area contributed by atoms with Crippen LogP contribution in [0.2, 0.25) is 0 Å². The van der Waals surface area contributed by atoms with Gasteiger partial charge in [0.25, 0.3) is 0 Å². The van der Waals surface area contributed by atoms with Crippen molar-refractivity contribution in [3.63, 3.8) is 0 Å². The Morgan fingerprint density at radius 2 is 2.14 bits per heavy atom. The van der Waals surface area contributed by atoms with Gasteiger partial charge in [0.15, 0.2) is 5.82 Å². The Kier molecular flexibility index (Phi) is 3.75. The van der Waals surface area contributed by atoms with Crippen LogP contribution in [0.25, 0.3) is 11.0 Å². The number of H-pyrrole nitrogens is 1. The number of nitrogens with zero attached hydrogens (tertiary/aromatic N) is 4. The smallest absolute Gasteiger partial charge is 0.369 e. The summed E-state index contributed by atoms with van der Waals surface area (Å²) in [7, 11) is 3.48. The number of aromatic nitrogens is 3. The summed E-state index contributed by atoms with van der Waals surface area (Å²) in [4.78, 5) is 23.9. The fourth-order valence-corrected chi connectivity index (χ4v) is 1.84. The molecule has 0 spiro atoms. The van der Waals surface area contributed by atoms with Crippen molar-refractivity contribution in [3.05, 3.63) is 22.7 Å². The molecule has 0 aliphatic heterocycles. The van der Waals surface area contributed by atoms with E-state index in [1.54, 1.807) is 19.0 Å². The molecule has 1 atom stereocenters. The summed E-state index contributed by atoms with van der Waals surface area (Å²) in [5.41, 5.74) is -0.549. The van der Waals surface area contributed by atoms with E-state index in [9.17, 15) is 18.0 Å². The maximum absolute atomic E-state index is 12.8. The Bertz CT molecular complexity index is 729. The van der Waals surface area contributed by atoms with Gasteiger partial charge in [-0.25, -0.2) is 14.8 Å². The zero-order chi connectivity index (χ0) is 15.8. The zero-order valence-electron chi connectivity index (χ0n) is 11.6. The van der Waals surface area contributed by atoms with Crippen LogP contribution < -0.4 is 5.69 Å². The minimum atomic E-state index is -4.52. The molecule has 114 valence electrons. The molecule has 2 rings (SSSR count). The molecule has 0 bridgehead atoms. The summed E-state index contributed by atoms with van der Waals surface area (Å²) in [6, 6.07) is -0.587. The van der Waals surface area contributed by atoms with Gasteiger partial charge in [0.2, 0.25) is 0 Å². The standard InChI is InChI=1S/C12H14F3N5O/c1-7(12(13,14)15)20-8-4-5-16-10(17-6-19(2)3)9(8)18-11(20)21/h4-7H,1-3H3,(H,18,21). The molecule has 0 saturated carbocycles. The highest BCUT2D eigenvalue weighted by atomic mass is 19.4. The van der Waals surface area contributed by atoms with Gasteiger partial charge >= 0.3 is 11.9 Å². The van der Waals surface area contributed by atoms with Crippen molar-refractivity contribution in [2.24, 2.45) is 4.99 Å². The monoisotopic (exact) mass is 301 g/mol. The van der Waals surface area contributed by atoms with Crippen molar-refractivity contribution < 1.29 is 13.2 Å². The third-order valence-corrected chi connectivity index (χ3v) is 2.89. The van der Waals surface area contributed by atoms with Crippen molar-refractivity contribution in [2.75, 3.05) is 14.1 Å². The number of fused-ring (bicyclic) bond motifs is 1. The first-order valence-electron chi connectivity index (χ1n) is 6.08. The van der Waals surface area contributed by atoms with Gasteiger partial charge in [-0.1, -0.05) is 0 Å². The minimum absolute atomic E-state index is 0.116. The van der Waals surface area contributed by atoms with E-state index in [-0.39, 0.29) is 16.9 Å². The Morgan fingerprint density at radius 1 is 1.48 bits per heavy atom. The van der Waals surface area contributed by atoms with E-state index >= 15 is 0 Å². The topological polar surface area (TPSA) is 66.3 Å². The van der Waals surface area contributed by atoms with Crippen molar-refractivity contribution >= 4 is 23.2 Å². The lowest BCUT2D eigenvalue weighted by molar-refractivity contribution is -0.162. The number of pyridine rings is 1. The van der Waals surface area contributed by atoms with Crippen molar-refractivity contribution in [1.29, 1.82) is 0 Å². The predicted octanol–water partition coefficient (Wildman–Crippen LogP) is 2.07. The molecule has 0 amide bonds. The Hall–Kier alpha value is -2.32. The van der Waals surface area contributed by atoms with E-state index < -0.39 is 17.9 Å². The fraction of sp³-hybridized carbons (Fsp3) is 0.417. The molecular formula is C12H14F3N5O. The van der Waals surface area contributed by atoms with E-state index in [1.165, 1.54) is 18.6 Å². The molecule has 0 fully saturated rings. The number of imidazole rings is 1. The zero-order valence-corrected chi connectivity index (χ0v) is 11.6. The molecule has 1 N–H and O–H groups in total. The lowest BCUT2D eigenvalue weighted by Gasteiger charge is -2.16. The second-order valence-electron chi connectivity index (χ2n) is 4.75. The Balaban J connectivity index is 2.64. The SMILES string of the molecule is CC(n1c(=O)[nH]c2c(N=CN(C)C)nccc21)C(F)(F)F. The van der Waals surface area contributed by atoms with Crippen LogP contribution in [0.4, 0.5) is 19.0 Å². The number of alkyl halides is 3. The van der Waals surface area contributed by atoms with Crippen LogP contribution in [0.3, 0.4) is 0 Å². The third-order valence-electron chi connectivity index (χ3n) is 2.89. The first-order chi connectivity index (χ1) is 9.71. The van der Waals surface area contributed by atoms with Gasteiger partial charge in [-0.3, -0.25) is 4.57 Å². The number of aliphatic imine (C=N–C) groups is 1.